The summed E-state index contributed by atoms with van der Waals surface area (Å²) < 4.78 is 0. The van der Waals surface area contributed by atoms with Crippen LogP contribution in [0.4, 0.5) is 0 Å². The molecule has 1 aromatic rings. The van der Waals surface area contributed by atoms with Gasteiger partial charge in [-0.3, -0.25) is 0 Å². The van der Waals surface area contributed by atoms with Crippen molar-refractivity contribution in [2.24, 2.45) is 5.41 Å². The maximum absolute atomic E-state index is 3.76. The standard InChI is InChI=1S/C17H27N/c1-4-17(10-5-6-11-17)13-18-15(3)16-9-7-8-14(2)12-16/h7-9,12,15,18H,4-6,10-11,13H2,1-3H3. The van der Waals surface area contributed by atoms with E-state index in [0.717, 1.165) is 0 Å². The molecular weight excluding hydrogens is 218 g/mol. The summed E-state index contributed by atoms with van der Waals surface area (Å²) >= 11 is 0. The van der Waals surface area contributed by atoms with Crippen molar-refractivity contribution in [1.82, 2.24) is 5.32 Å². The summed E-state index contributed by atoms with van der Waals surface area (Å²) in [5.74, 6) is 0. The zero-order valence-electron chi connectivity index (χ0n) is 12.1. The summed E-state index contributed by atoms with van der Waals surface area (Å²) in [4.78, 5) is 0. The van der Waals surface area contributed by atoms with Crippen LogP contribution in [0.5, 0.6) is 0 Å². The van der Waals surface area contributed by atoms with Crippen LogP contribution in [-0.4, -0.2) is 6.54 Å². The Morgan fingerprint density at radius 3 is 2.61 bits per heavy atom. The molecular formula is C17H27N. The van der Waals surface area contributed by atoms with Crippen LogP contribution in [0.1, 0.15) is 63.1 Å². The first-order valence-corrected chi connectivity index (χ1v) is 7.45. The number of hydrogen-bond acceptors (Lipinski definition) is 1. The highest BCUT2D eigenvalue weighted by Crippen LogP contribution is 2.40. The first-order chi connectivity index (χ1) is 8.65. The maximum atomic E-state index is 3.76. The average molecular weight is 245 g/mol. The van der Waals surface area contributed by atoms with E-state index < -0.39 is 0 Å². The van der Waals surface area contributed by atoms with Crippen molar-refractivity contribution in [3.05, 3.63) is 35.4 Å². The largest absolute Gasteiger partial charge is 0.310 e. The molecule has 1 heteroatoms. The first kappa shape index (κ1) is 13.6. The zero-order valence-corrected chi connectivity index (χ0v) is 12.1. The molecule has 0 spiro atoms. The molecule has 0 heterocycles. The van der Waals surface area contributed by atoms with Gasteiger partial charge in [-0.25, -0.2) is 0 Å². The van der Waals surface area contributed by atoms with Gasteiger partial charge in [0.25, 0.3) is 0 Å². The summed E-state index contributed by atoms with van der Waals surface area (Å²) in [6.07, 6.45) is 7.00. The van der Waals surface area contributed by atoms with Crippen molar-refractivity contribution < 1.29 is 0 Å². The Bertz CT molecular complexity index is 377. The van der Waals surface area contributed by atoms with Crippen LogP contribution in [0.2, 0.25) is 0 Å². The molecule has 18 heavy (non-hydrogen) atoms. The Morgan fingerprint density at radius 2 is 2.00 bits per heavy atom. The van der Waals surface area contributed by atoms with Crippen LogP contribution >= 0.6 is 0 Å². The lowest BCUT2D eigenvalue weighted by Crippen LogP contribution is -2.33. The van der Waals surface area contributed by atoms with E-state index >= 15 is 0 Å². The first-order valence-electron chi connectivity index (χ1n) is 7.45. The van der Waals surface area contributed by atoms with Crippen LogP contribution in [0, 0.1) is 12.3 Å². The van der Waals surface area contributed by atoms with Gasteiger partial charge >= 0.3 is 0 Å². The van der Waals surface area contributed by atoms with Crippen LogP contribution in [0.3, 0.4) is 0 Å². The van der Waals surface area contributed by atoms with Crippen molar-refractivity contribution in [2.45, 2.75) is 58.9 Å². The van der Waals surface area contributed by atoms with Gasteiger partial charge in [0, 0.05) is 12.6 Å². The smallest absolute Gasteiger partial charge is 0.0292 e. The molecule has 0 aromatic heterocycles. The third-order valence-corrected chi connectivity index (χ3v) is 4.74. The van der Waals surface area contributed by atoms with Gasteiger partial charge in [-0.1, -0.05) is 49.6 Å². The van der Waals surface area contributed by atoms with Crippen molar-refractivity contribution in [3.63, 3.8) is 0 Å². The molecule has 0 saturated heterocycles. The van der Waals surface area contributed by atoms with Crippen molar-refractivity contribution >= 4 is 0 Å². The monoisotopic (exact) mass is 245 g/mol. The summed E-state index contributed by atoms with van der Waals surface area (Å²) in [5, 5.41) is 3.76. The SMILES string of the molecule is CCC1(CNC(C)c2cccc(C)c2)CCCC1. The molecule has 0 aliphatic heterocycles. The molecule has 1 N–H and O–H groups in total. The van der Waals surface area contributed by atoms with Gasteiger partial charge in [0.2, 0.25) is 0 Å². The highest BCUT2D eigenvalue weighted by atomic mass is 14.9. The fourth-order valence-electron chi connectivity index (χ4n) is 3.21. The van der Waals surface area contributed by atoms with Crippen molar-refractivity contribution in [1.29, 1.82) is 0 Å². The Hall–Kier alpha value is -0.820. The predicted molar refractivity (Wildman–Crippen MR) is 78.8 cm³/mol. The number of rotatable bonds is 5. The van der Waals surface area contributed by atoms with Gasteiger partial charge in [0.1, 0.15) is 0 Å². The lowest BCUT2D eigenvalue weighted by molar-refractivity contribution is 0.259. The minimum atomic E-state index is 0.467. The second-order valence-corrected chi connectivity index (χ2v) is 6.08. The summed E-state index contributed by atoms with van der Waals surface area (Å²) in [6.45, 7) is 7.98. The molecule has 1 unspecified atom stereocenters. The van der Waals surface area contributed by atoms with Gasteiger partial charge in [-0.2, -0.15) is 0 Å². The van der Waals surface area contributed by atoms with E-state index in [1.807, 2.05) is 0 Å². The number of nitrogens with one attached hydrogen (secondary N) is 1. The second-order valence-electron chi connectivity index (χ2n) is 6.08. The molecule has 0 radical (unpaired) electrons. The number of benzene rings is 1. The fraction of sp³-hybridized carbons (Fsp3) is 0.647. The number of aryl methyl sites for hydroxylation is 1. The minimum absolute atomic E-state index is 0.467. The highest BCUT2D eigenvalue weighted by Gasteiger charge is 2.31. The Morgan fingerprint density at radius 1 is 1.28 bits per heavy atom. The van der Waals surface area contributed by atoms with E-state index in [4.69, 9.17) is 0 Å². The van der Waals surface area contributed by atoms with Crippen LogP contribution in [0.15, 0.2) is 24.3 Å². The van der Waals surface area contributed by atoms with Crippen molar-refractivity contribution in [2.75, 3.05) is 6.54 Å². The van der Waals surface area contributed by atoms with E-state index in [2.05, 4.69) is 50.4 Å². The number of hydrogen-bond donors (Lipinski definition) is 1. The predicted octanol–water partition coefficient (Wildman–Crippen LogP) is 4.62. The lowest BCUT2D eigenvalue weighted by atomic mass is 9.83. The summed E-state index contributed by atoms with van der Waals surface area (Å²) in [6, 6.07) is 9.33. The average Bonchev–Trinajstić information content (AvgIpc) is 2.85. The van der Waals surface area contributed by atoms with Gasteiger partial charge in [0.05, 0.1) is 0 Å². The van der Waals surface area contributed by atoms with Gasteiger partial charge in [-0.05, 0) is 44.1 Å². The Balaban J connectivity index is 1.93. The molecule has 1 atom stereocenters. The van der Waals surface area contributed by atoms with E-state index in [9.17, 15) is 0 Å². The molecule has 1 aromatic carbocycles. The molecule has 2 rings (SSSR count). The molecule has 1 fully saturated rings. The zero-order chi connectivity index (χ0) is 13.0. The van der Waals surface area contributed by atoms with Crippen LogP contribution in [0.25, 0.3) is 0 Å². The topological polar surface area (TPSA) is 12.0 Å². The minimum Gasteiger partial charge on any atom is -0.310 e. The highest BCUT2D eigenvalue weighted by molar-refractivity contribution is 5.24. The third kappa shape index (κ3) is 3.14. The van der Waals surface area contributed by atoms with E-state index in [1.54, 1.807) is 0 Å². The third-order valence-electron chi connectivity index (χ3n) is 4.74. The Kier molecular flexibility index (Phi) is 4.45. The van der Waals surface area contributed by atoms with E-state index in [1.165, 1.54) is 49.8 Å². The van der Waals surface area contributed by atoms with Crippen LogP contribution in [-0.2, 0) is 0 Å². The molecule has 1 aliphatic rings. The second kappa shape index (κ2) is 5.88. The van der Waals surface area contributed by atoms with Gasteiger partial charge < -0.3 is 5.32 Å². The molecule has 0 bridgehead atoms. The molecule has 100 valence electrons. The van der Waals surface area contributed by atoms with Gasteiger partial charge in [-0.15, -0.1) is 0 Å². The molecule has 0 amide bonds. The summed E-state index contributed by atoms with van der Waals surface area (Å²) in [7, 11) is 0. The molecule has 1 aliphatic carbocycles. The normalized spacial score (nSPS) is 19.9. The lowest BCUT2D eigenvalue weighted by Gasteiger charge is -2.30. The van der Waals surface area contributed by atoms with E-state index in [-0.39, 0.29) is 0 Å². The Labute approximate surface area is 112 Å². The summed E-state index contributed by atoms with van der Waals surface area (Å²) in [5.41, 5.74) is 3.35. The van der Waals surface area contributed by atoms with Gasteiger partial charge in [0.15, 0.2) is 0 Å². The van der Waals surface area contributed by atoms with Crippen LogP contribution < -0.4 is 5.32 Å². The maximum Gasteiger partial charge on any atom is 0.0292 e. The molecule has 1 nitrogen and oxygen atoms in total. The quantitative estimate of drug-likeness (QED) is 0.798. The molecule has 1 saturated carbocycles. The van der Waals surface area contributed by atoms with Crippen molar-refractivity contribution in [3.8, 4) is 0 Å². The fourth-order valence-corrected chi connectivity index (χ4v) is 3.21. The van der Waals surface area contributed by atoms with E-state index in [0.29, 0.717) is 11.5 Å².